The summed E-state index contributed by atoms with van der Waals surface area (Å²) >= 11 is 0. The van der Waals surface area contributed by atoms with Crippen molar-refractivity contribution in [3.63, 3.8) is 0 Å². The molecule has 0 spiro atoms. The third-order valence-corrected chi connectivity index (χ3v) is 2.42. The molecule has 70 valence electrons. The van der Waals surface area contributed by atoms with Crippen molar-refractivity contribution in [2.24, 2.45) is 17.6 Å². The fraction of sp³-hybridized carbons (Fsp3) is 0.889. The van der Waals surface area contributed by atoms with Gasteiger partial charge in [0.1, 0.15) is 0 Å². The van der Waals surface area contributed by atoms with Crippen LogP contribution in [0.3, 0.4) is 0 Å². The molecule has 0 aromatic rings. The zero-order chi connectivity index (χ0) is 9.35. The molecule has 1 aliphatic rings. The number of nitrogens with one attached hydrogen (secondary N) is 1. The summed E-state index contributed by atoms with van der Waals surface area (Å²) in [6.45, 7) is 6.47. The van der Waals surface area contributed by atoms with Crippen molar-refractivity contribution in [3.8, 4) is 0 Å². The molecule has 0 aromatic carbocycles. The molecule has 0 heterocycles. The SMILES string of the molecule is CC1CC1C(=O)NC(C)(C)CN. The summed E-state index contributed by atoms with van der Waals surface area (Å²) in [5.41, 5.74) is 5.24. The summed E-state index contributed by atoms with van der Waals surface area (Å²) in [5.74, 6) is 0.979. The molecule has 0 saturated heterocycles. The van der Waals surface area contributed by atoms with Crippen molar-refractivity contribution in [2.45, 2.75) is 32.7 Å². The summed E-state index contributed by atoms with van der Waals surface area (Å²) in [6.07, 6.45) is 1.03. The summed E-state index contributed by atoms with van der Waals surface area (Å²) in [6, 6.07) is 0. The number of amides is 1. The van der Waals surface area contributed by atoms with Crippen LogP contribution in [0.25, 0.3) is 0 Å². The van der Waals surface area contributed by atoms with Crippen LogP contribution in [0.1, 0.15) is 27.2 Å². The Labute approximate surface area is 73.7 Å². The van der Waals surface area contributed by atoms with E-state index in [9.17, 15) is 4.79 Å². The third-order valence-electron chi connectivity index (χ3n) is 2.42. The molecule has 0 bridgehead atoms. The molecule has 0 aliphatic heterocycles. The molecule has 1 fully saturated rings. The Morgan fingerprint density at radius 2 is 2.17 bits per heavy atom. The van der Waals surface area contributed by atoms with Crippen molar-refractivity contribution in [1.29, 1.82) is 0 Å². The zero-order valence-electron chi connectivity index (χ0n) is 8.05. The molecule has 0 radical (unpaired) electrons. The first-order valence-electron chi connectivity index (χ1n) is 4.48. The Hall–Kier alpha value is -0.570. The highest BCUT2D eigenvalue weighted by atomic mass is 16.2. The van der Waals surface area contributed by atoms with Crippen LogP contribution in [0.5, 0.6) is 0 Å². The maximum absolute atomic E-state index is 11.4. The zero-order valence-corrected chi connectivity index (χ0v) is 8.05. The number of carbonyl (C=O) groups excluding carboxylic acids is 1. The van der Waals surface area contributed by atoms with Crippen LogP contribution < -0.4 is 11.1 Å². The minimum absolute atomic E-state index is 0.165. The number of carbonyl (C=O) groups is 1. The Balaban J connectivity index is 2.36. The van der Waals surface area contributed by atoms with Gasteiger partial charge in [0.05, 0.1) is 0 Å². The van der Waals surface area contributed by atoms with Gasteiger partial charge in [0.25, 0.3) is 0 Å². The van der Waals surface area contributed by atoms with Crippen LogP contribution in [0, 0.1) is 11.8 Å². The average molecular weight is 170 g/mol. The molecule has 3 N–H and O–H groups in total. The van der Waals surface area contributed by atoms with Gasteiger partial charge in [-0.05, 0) is 26.2 Å². The first-order valence-corrected chi connectivity index (χ1v) is 4.48. The largest absolute Gasteiger partial charge is 0.350 e. The lowest BCUT2D eigenvalue weighted by molar-refractivity contribution is -0.124. The monoisotopic (exact) mass is 170 g/mol. The van der Waals surface area contributed by atoms with E-state index in [-0.39, 0.29) is 17.4 Å². The first-order chi connectivity index (χ1) is 5.46. The molecule has 1 rings (SSSR count). The van der Waals surface area contributed by atoms with E-state index in [1.165, 1.54) is 0 Å². The molecule has 2 unspecified atom stereocenters. The quantitative estimate of drug-likeness (QED) is 0.648. The Morgan fingerprint density at radius 3 is 2.50 bits per heavy atom. The van der Waals surface area contributed by atoms with E-state index < -0.39 is 0 Å². The lowest BCUT2D eigenvalue weighted by Gasteiger charge is -2.24. The van der Waals surface area contributed by atoms with Crippen LogP contribution in [-0.4, -0.2) is 18.0 Å². The summed E-state index contributed by atoms with van der Waals surface area (Å²) in [5, 5.41) is 2.93. The van der Waals surface area contributed by atoms with E-state index in [1.807, 2.05) is 13.8 Å². The van der Waals surface area contributed by atoms with Crippen molar-refractivity contribution in [3.05, 3.63) is 0 Å². The maximum Gasteiger partial charge on any atom is 0.223 e. The third kappa shape index (κ3) is 2.21. The standard InChI is InChI=1S/C9H18N2O/c1-6-4-7(6)8(12)11-9(2,3)5-10/h6-7H,4-5,10H2,1-3H3,(H,11,12). The fourth-order valence-corrected chi connectivity index (χ4v) is 1.16. The van der Waals surface area contributed by atoms with Crippen molar-refractivity contribution < 1.29 is 4.79 Å². The van der Waals surface area contributed by atoms with Gasteiger partial charge >= 0.3 is 0 Å². The van der Waals surface area contributed by atoms with E-state index >= 15 is 0 Å². The highest BCUT2D eigenvalue weighted by molar-refractivity contribution is 5.82. The highest BCUT2D eigenvalue weighted by Gasteiger charge is 2.40. The molecular weight excluding hydrogens is 152 g/mol. The van der Waals surface area contributed by atoms with E-state index in [0.29, 0.717) is 12.5 Å². The number of hydrogen-bond acceptors (Lipinski definition) is 2. The topological polar surface area (TPSA) is 55.1 Å². The van der Waals surface area contributed by atoms with Crippen LogP contribution in [-0.2, 0) is 4.79 Å². The summed E-state index contributed by atoms with van der Waals surface area (Å²) < 4.78 is 0. The Kier molecular flexibility index (Phi) is 2.42. The van der Waals surface area contributed by atoms with Gasteiger partial charge in [-0.25, -0.2) is 0 Å². The average Bonchev–Trinajstić information content (AvgIpc) is 2.66. The second kappa shape index (κ2) is 3.05. The van der Waals surface area contributed by atoms with Gasteiger partial charge in [-0.3, -0.25) is 4.79 Å². The lowest BCUT2D eigenvalue weighted by Crippen LogP contribution is -2.49. The predicted octanol–water partition coefficient (Wildman–Crippen LogP) is 0.496. The minimum Gasteiger partial charge on any atom is -0.350 e. The molecule has 2 atom stereocenters. The highest BCUT2D eigenvalue weighted by Crippen LogP contribution is 2.37. The van der Waals surface area contributed by atoms with E-state index in [0.717, 1.165) is 6.42 Å². The van der Waals surface area contributed by atoms with Crippen molar-refractivity contribution in [2.75, 3.05) is 6.54 Å². The van der Waals surface area contributed by atoms with Gasteiger partial charge in [0.2, 0.25) is 5.91 Å². The lowest BCUT2D eigenvalue weighted by atomic mass is 10.1. The second-order valence-corrected chi connectivity index (χ2v) is 4.40. The smallest absolute Gasteiger partial charge is 0.223 e. The number of hydrogen-bond donors (Lipinski definition) is 2. The minimum atomic E-state index is -0.251. The fourth-order valence-electron chi connectivity index (χ4n) is 1.16. The second-order valence-electron chi connectivity index (χ2n) is 4.40. The molecule has 1 saturated carbocycles. The van der Waals surface area contributed by atoms with Crippen LogP contribution >= 0.6 is 0 Å². The summed E-state index contributed by atoms with van der Waals surface area (Å²) in [7, 11) is 0. The van der Waals surface area contributed by atoms with Gasteiger partial charge < -0.3 is 11.1 Å². The molecule has 3 nitrogen and oxygen atoms in total. The van der Waals surface area contributed by atoms with Gasteiger partial charge in [-0.15, -0.1) is 0 Å². The van der Waals surface area contributed by atoms with E-state index in [1.54, 1.807) is 0 Å². The van der Waals surface area contributed by atoms with Crippen molar-refractivity contribution in [1.82, 2.24) is 5.32 Å². The van der Waals surface area contributed by atoms with Gasteiger partial charge in [0, 0.05) is 18.0 Å². The van der Waals surface area contributed by atoms with Crippen LogP contribution in [0.4, 0.5) is 0 Å². The van der Waals surface area contributed by atoms with Crippen molar-refractivity contribution >= 4 is 5.91 Å². The number of nitrogens with two attached hydrogens (primary N) is 1. The van der Waals surface area contributed by atoms with E-state index in [4.69, 9.17) is 5.73 Å². The summed E-state index contributed by atoms with van der Waals surface area (Å²) in [4.78, 5) is 11.4. The van der Waals surface area contributed by atoms with Gasteiger partial charge in [0.15, 0.2) is 0 Å². The van der Waals surface area contributed by atoms with Gasteiger partial charge in [-0.1, -0.05) is 6.92 Å². The molecule has 1 aliphatic carbocycles. The number of rotatable bonds is 3. The molecule has 0 aromatic heterocycles. The normalized spacial score (nSPS) is 28.3. The molecule has 12 heavy (non-hydrogen) atoms. The first kappa shape index (κ1) is 9.52. The van der Waals surface area contributed by atoms with E-state index in [2.05, 4.69) is 12.2 Å². The maximum atomic E-state index is 11.4. The van der Waals surface area contributed by atoms with Gasteiger partial charge in [-0.2, -0.15) is 0 Å². The Bertz CT molecular complexity index is 189. The predicted molar refractivity (Wildman–Crippen MR) is 48.5 cm³/mol. The van der Waals surface area contributed by atoms with Crippen LogP contribution in [0.15, 0.2) is 0 Å². The molecular formula is C9H18N2O. The van der Waals surface area contributed by atoms with Crippen LogP contribution in [0.2, 0.25) is 0 Å². The molecule has 3 heteroatoms. The molecule has 1 amide bonds. The Morgan fingerprint density at radius 1 is 1.67 bits per heavy atom.